The van der Waals surface area contributed by atoms with Gasteiger partial charge in [0.25, 0.3) is 0 Å². The molecule has 2 aromatic rings. The number of nitrogens with one attached hydrogen (secondary N) is 3. The molecule has 1 aliphatic rings. The van der Waals surface area contributed by atoms with Gasteiger partial charge in [0, 0.05) is 13.0 Å². The zero-order valence-corrected chi connectivity index (χ0v) is 18.9. The van der Waals surface area contributed by atoms with E-state index in [1.807, 2.05) is 48.5 Å². The van der Waals surface area contributed by atoms with Gasteiger partial charge < -0.3 is 30.5 Å². The van der Waals surface area contributed by atoms with Crippen molar-refractivity contribution in [3.05, 3.63) is 59.7 Å². The summed E-state index contributed by atoms with van der Waals surface area (Å²) in [5.41, 5.74) is 4.31. The van der Waals surface area contributed by atoms with Gasteiger partial charge in [0.05, 0.1) is 12.6 Å². The summed E-state index contributed by atoms with van der Waals surface area (Å²) in [5.74, 6) is -2.69. The van der Waals surface area contributed by atoms with Crippen molar-refractivity contribution in [1.29, 1.82) is 0 Å². The van der Waals surface area contributed by atoms with Crippen molar-refractivity contribution in [2.45, 2.75) is 25.0 Å². The van der Waals surface area contributed by atoms with Crippen molar-refractivity contribution in [3.63, 3.8) is 0 Å². The van der Waals surface area contributed by atoms with E-state index in [1.54, 1.807) is 6.92 Å². The molecular weight excluding hydrogens is 442 g/mol. The molecule has 0 spiro atoms. The Labute approximate surface area is 196 Å². The molecule has 34 heavy (non-hydrogen) atoms. The molecule has 2 aromatic carbocycles. The Morgan fingerprint density at radius 1 is 0.941 bits per heavy atom. The fourth-order valence-electron chi connectivity index (χ4n) is 3.81. The fourth-order valence-corrected chi connectivity index (χ4v) is 3.81. The number of hydrogen-bond acceptors (Lipinski definition) is 6. The minimum Gasteiger partial charge on any atom is -0.480 e. The molecule has 0 saturated carbocycles. The number of hydrogen-bond donors (Lipinski definition) is 4. The topological polar surface area (TPSA) is 143 Å². The molecule has 2 unspecified atom stereocenters. The number of methoxy groups -OCH3 is 1. The third-order valence-electron chi connectivity index (χ3n) is 5.60. The lowest BCUT2D eigenvalue weighted by Crippen LogP contribution is -2.54. The summed E-state index contributed by atoms with van der Waals surface area (Å²) < 4.78 is 10.7. The van der Waals surface area contributed by atoms with E-state index in [2.05, 4.69) is 16.0 Å². The van der Waals surface area contributed by atoms with Crippen molar-refractivity contribution in [3.8, 4) is 11.1 Å². The first-order valence-corrected chi connectivity index (χ1v) is 10.7. The van der Waals surface area contributed by atoms with Gasteiger partial charge >= 0.3 is 12.1 Å². The second-order valence-electron chi connectivity index (χ2n) is 7.78. The van der Waals surface area contributed by atoms with Crippen LogP contribution in [0.25, 0.3) is 11.1 Å². The van der Waals surface area contributed by atoms with Gasteiger partial charge in [-0.15, -0.1) is 0 Å². The first-order chi connectivity index (χ1) is 16.3. The molecule has 180 valence electrons. The number of alkyl carbamates (subject to hydrolysis) is 1. The second-order valence-corrected chi connectivity index (χ2v) is 7.78. The predicted octanol–water partition coefficient (Wildman–Crippen LogP) is 1.25. The van der Waals surface area contributed by atoms with Crippen LogP contribution in [0.5, 0.6) is 0 Å². The highest BCUT2D eigenvalue weighted by atomic mass is 16.5. The number of amides is 3. The zero-order valence-electron chi connectivity index (χ0n) is 18.9. The van der Waals surface area contributed by atoms with E-state index in [0.717, 1.165) is 22.3 Å². The average Bonchev–Trinajstić information content (AvgIpc) is 3.16. The van der Waals surface area contributed by atoms with Gasteiger partial charge in [0.15, 0.2) is 0 Å². The maximum atomic E-state index is 12.6. The van der Waals surface area contributed by atoms with E-state index in [-0.39, 0.29) is 12.5 Å². The third-order valence-corrected chi connectivity index (χ3v) is 5.60. The summed E-state index contributed by atoms with van der Waals surface area (Å²) in [6.45, 7) is 0.641. The van der Waals surface area contributed by atoms with Crippen LogP contribution in [-0.4, -0.2) is 67.9 Å². The number of carboxylic acids is 1. The largest absolute Gasteiger partial charge is 0.480 e. The number of carbonyl (C=O) groups excluding carboxylic acids is 3. The van der Waals surface area contributed by atoms with Crippen LogP contribution in [0.3, 0.4) is 0 Å². The van der Waals surface area contributed by atoms with Gasteiger partial charge in [-0.2, -0.15) is 0 Å². The van der Waals surface area contributed by atoms with Crippen LogP contribution in [0, 0.1) is 0 Å². The van der Waals surface area contributed by atoms with Crippen molar-refractivity contribution >= 4 is 23.9 Å². The highest BCUT2D eigenvalue weighted by Crippen LogP contribution is 2.44. The lowest BCUT2D eigenvalue weighted by molar-refractivity contribution is -0.137. The van der Waals surface area contributed by atoms with E-state index >= 15 is 0 Å². The Balaban J connectivity index is 1.60. The number of aliphatic carboxylic acids is 1. The number of fused-ring (bicyclic) bond motifs is 3. The molecular formula is C24H27N3O7. The Bertz CT molecular complexity index is 1030. The molecule has 0 bridgehead atoms. The summed E-state index contributed by atoms with van der Waals surface area (Å²) in [6.07, 6.45) is -1.52. The Morgan fingerprint density at radius 2 is 1.53 bits per heavy atom. The van der Waals surface area contributed by atoms with Gasteiger partial charge in [0.2, 0.25) is 11.8 Å². The summed E-state index contributed by atoms with van der Waals surface area (Å²) in [4.78, 5) is 47.3. The molecule has 10 heteroatoms. The normalized spacial score (nSPS) is 13.7. The minimum absolute atomic E-state index is 0.0765. The number of ether oxygens (including phenoxy) is 2. The molecule has 0 heterocycles. The Morgan fingerprint density at radius 3 is 2.09 bits per heavy atom. The smallest absolute Gasteiger partial charge is 0.407 e. The fraction of sp³-hybridized carbons (Fsp3) is 0.333. The first kappa shape index (κ1) is 24.7. The Hall–Kier alpha value is -3.92. The molecule has 0 fully saturated rings. The van der Waals surface area contributed by atoms with Gasteiger partial charge in [-0.25, -0.2) is 4.79 Å². The van der Waals surface area contributed by atoms with Gasteiger partial charge in [-0.3, -0.25) is 14.4 Å². The van der Waals surface area contributed by atoms with Crippen LogP contribution in [0.1, 0.15) is 24.0 Å². The molecule has 1 aliphatic carbocycles. The minimum atomic E-state index is -1.21. The van der Waals surface area contributed by atoms with Crippen molar-refractivity contribution in [2.24, 2.45) is 0 Å². The van der Waals surface area contributed by atoms with E-state index in [0.29, 0.717) is 0 Å². The first-order valence-electron chi connectivity index (χ1n) is 10.7. The lowest BCUT2D eigenvalue weighted by Gasteiger charge is -2.23. The van der Waals surface area contributed by atoms with Gasteiger partial charge in [-0.05, 0) is 29.2 Å². The summed E-state index contributed by atoms with van der Waals surface area (Å²) in [7, 11) is 1.38. The number of benzene rings is 2. The van der Waals surface area contributed by atoms with E-state index in [9.17, 15) is 19.2 Å². The molecule has 3 amide bonds. The molecule has 3 rings (SSSR count). The molecule has 10 nitrogen and oxygen atoms in total. The highest BCUT2D eigenvalue weighted by molar-refractivity contribution is 5.90. The van der Waals surface area contributed by atoms with E-state index in [4.69, 9.17) is 14.6 Å². The van der Waals surface area contributed by atoms with Gasteiger partial charge in [0.1, 0.15) is 19.2 Å². The van der Waals surface area contributed by atoms with Crippen LogP contribution in [0.4, 0.5) is 4.79 Å². The molecule has 0 aromatic heterocycles. The SMILES string of the molecule is COC(C)C(NC(=O)OCC1c2ccccc2-c2ccccc21)C(=O)NCC(=O)NCC(=O)O. The summed E-state index contributed by atoms with van der Waals surface area (Å²) in [5, 5.41) is 15.6. The lowest BCUT2D eigenvalue weighted by atomic mass is 9.98. The van der Waals surface area contributed by atoms with Crippen LogP contribution >= 0.6 is 0 Å². The van der Waals surface area contributed by atoms with Crippen LogP contribution < -0.4 is 16.0 Å². The molecule has 0 aliphatic heterocycles. The molecule has 0 saturated heterocycles. The van der Waals surface area contributed by atoms with Crippen LogP contribution in [0.15, 0.2) is 48.5 Å². The van der Waals surface area contributed by atoms with E-state index < -0.39 is 49.1 Å². The number of rotatable bonds is 10. The second kappa shape index (κ2) is 11.3. The number of carbonyl (C=O) groups is 4. The monoisotopic (exact) mass is 469 g/mol. The maximum absolute atomic E-state index is 12.6. The molecule has 0 radical (unpaired) electrons. The average molecular weight is 469 g/mol. The maximum Gasteiger partial charge on any atom is 0.407 e. The van der Waals surface area contributed by atoms with Crippen molar-refractivity contribution in [2.75, 3.05) is 26.8 Å². The van der Waals surface area contributed by atoms with Crippen LogP contribution in [-0.2, 0) is 23.9 Å². The summed E-state index contributed by atoms with van der Waals surface area (Å²) in [6, 6.07) is 14.7. The van der Waals surface area contributed by atoms with Crippen molar-refractivity contribution in [1.82, 2.24) is 16.0 Å². The van der Waals surface area contributed by atoms with Gasteiger partial charge in [-0.1, -0.05) is 48.5 Å². The molecule has 2 atom stereocenters. The summed E-state index contributed by atoms with van der Waals surface area (Å²) >= 11 is 0. The van der Waals surface area contributed by atoms with Crippen molar-refractivity contribution < 1.29 is 33.8 Å². The highest BCUT2D eigenvalue weighted by Gasteiger charge is 2.31. The van der Waals surface area contributed by atoms with E-state index in [1.165, 1.54) is 7.11 Å². The quantitative estimate of drug-likeness (QED) is 0.410. The standard InChI is InChI=1S/C24H27N3O7/c1-14(33-2)22(23(31)26-11-20(28)25-12-21(29)30)27-24(32)34-13-19-17-9-5-3-7-15(17)16-8-4-6-10-18(16)19/h3-10,14,19,22H,11-13H2,1-2H3,(H,25,28)(H,26,31)(H,27,32)(H,29,30). The molecule has 4 N–H and O–H groups in total. The van der Waals surface area contributed by atoms with Crippen LogP contribution in [0.2, 0.25) is 0 Å². The number of carboxylic acid groups (broad SMARTS) is 1. The predicted molar refractivity (Wildman–Crippen MR) is 122 cm³/mol. The third kappa shape index (κ3) is 5.90. The zero-order chi connectivity index (χ0) is 24.7. The Kier molecular flexibility index (Phi) is 8.20.